The van der Waals surface area contributed by atoms with Gasteiger partial charge in [0.15, 0.2) is 5.09 Å². The molecule has 0 unspecified atom stereocenters. The van der Waals surface area contributed by atoms with Crippen LogP contribution >= 0.6 is 11.8 Å². The molecule has 1 aromatic heterocycles. The van der Waals surface area contributed by atoms with Crippen molar-refractivity contribution in [2.45, 2.75) is 16.9 Å². The average Bonchev–Trinajstić information content (AvgIpc) is 2.85. The minimum absolute atomic E-state index is 0.116. The summed E-state index contributed by atoms with van der Waals surface area (Å²) >= 11 is 1.24. The molecule has 0 saturated heterocycles. The molecular formula is C28H20N2O3S. The van der Waals surface area contributed by atoms with Crippen molar-refractivity contribution in [1.29, 1.82) is 5.26 Å². The quantitative estimate of drug-likeness (QED) is 0.350. The summed E-state index contributed by atoms with van der Waals surface area (Å²) in [6.07, 6.45) is 0. The number of rotatable bonds is 6. The molecule has 0 atom stereocenters. The molecule has 6 heteroatoms. The van der Waals surface area contributed by atoms with Gasteiger partial charge in [0.2, 0.25) is 5.55 Å². The van der Waals surface area contributed by atoms with E-state index in [1.165, 1.54) is 11.8 Å². The van der Waals surface area contributed by atoms with Crippen LogP contribution in [0.15, 0.2) is 111 Å². The van der Waals surface area contributed by atoms with Crippen LogP contribution in [0.2, 0.25) is 0 Å². The lowest BCUT2D eigenvalue weighted by Crippen LogP contribution is -2.19. The molecule has 0 aliphatic rings. The Hall–Kier alpha value is -4.34. The van der Waals surface area contributed by atoms with Crippen LogP contribution in [0.5, 0.6) is 0 Å². The van der Waals surface area contributed by atoms with Crippen LogP contribution in [0.4, 0.5) is 0 Å². The molecule has 3 aromatic carbocycles. The third-order valence-electron chi connectivity index (χ3n) is 5.07. The van der Waals surface area contributed by atoms with Crippen LogP contribution in [-0.4, -0.2) is 11.1 Å². The Morgan fingerprint density at radius 2 is 1.62 bits per heavy atom. The Morgan fingerprint density at radius 3 is 2.21 bits per heavy atom. The predicted octanol–water partition coefficient (Wildman–Crippen LogP) is 6.55. The van der Waals surface area contributed by atoms with Crippen LogP contribution in [-0.2, 0) is 0 Å². The minimum Gasteiger partial charge on any atom is -0.477 e. The summed E-state index contributed by atoms with van der Waals surface area (Å²) in [6.45, 7) is 5.94. The number of nitriles is 1. The van der Waals surface area contributed by atoms with E-state index < -0.39 is 5.97 Å². The number of aromatic carboxylic acids is 1. The lowest BCUT2D eigenvalue weighted by Gasteiger charge is -2.13. The summed E-state index contributed by atoms with van der Waals surface area (Å²) in [7, 11) is 0. The van der Waals surface area contributed by atoms with E-state index in [0.29, 0.717) is 11.3 Å². The van der Waals surface area contributed by atoms with Crippen LogP contribution in [0.3, 0.4) is 0 Å². The van der Waals surface area contributed by atoms with Crippen molar-refractivity contribution in [3.05, 3.63) is 119 Å². The highest BCUT2D eigenvalue weighted by Crippen LogP contribution is 2.36. The zero-order valence-electron chi connectivity index (χ0n) is 18.4. The highest BCUT2D eigenvalue weighted by Gasteiger charge is 2.25. The molecule has 0 amide bonds. The molecule has 34 heavy (non-hydrogen) atoms. The number of hydrogen-bond acceptors (Lipinski definition) is 5. The topological polar surface area (TPSA) is 86.6 Å². The Balaban J connectivity index is 2.04. The van der Waals surface area contributed by atoms with Crippen molar-refractivity contribution < 1.29 is 14.3 Å². The first-order valence-electron chi connectivity index (χ1n) is 10.4. The Morgan fingerprint density at radius 1 is 1.00 bits per heavy atom. The fraction of sp³-hybridized carbons (Fsp3) is 0.0357. The van der Waals surface area contributed by atoms with Gasteiger partial charge in [0, 0.05) is 10.5 Å². The highest BCUT2D eigenvalue weighted by molar-refractivity contribution is 7.99. The van der Waals surface area contributed by atoms with Gasteiger partial charge in [0.05, 0.1) is 5.70 Å². The first kappa shape index (κ1) is 22.8. The van der Waals surface area contributed by atoms with Gasteiger partial charge in [-0.05, 0) is 30.2 Å². The smallest absolute Gasteiger partial charge is 0.341 e. The molecule has 0 saturated carbocycles. The van der Waals surface area contributed by atoms with Crippen LogP contribution in [0, 0.1) is 18.3 Å². The van der Waals surface area contributed by atoms with E-state index in [0.717, 1.165) is 16.0 Å². The van der Waals surface area contributed by atoms with Crippen molar-refractivity contribution in [3.8, 4) is 17.2 Å². The maximum atomic E-state index is 12.5. The lowest BCUT2D eigenvalue weighted by molar-refractivity contribution is 0.0691. The van der Waals surface area contributed by atoms with Gasteiger partial charge in [-0.1, -0.05) is 96.7 Å². The van der Waals surface area contributed by atoms with E-state index in [9.17, 15) is 15.2 Å². The maximum absolute atomic E-state index is 12.5. The Labute approximate surface area is 201 Å². The number of hydrogen-bond donors (Lipinski definition) is 1. The van der Waals surface area contributed by atoms with Crippen LogP contribution in [0.1, 0.15) is 27.0 Å². The van der Waals surface area contributed by atoms with Crippen molar-refractivity contribution in [2.75, 3.05) is 0 Å². The summed E-state index contributed by atoms with van der Waals surface area (Å²) in [5.74, 6) is -1.24. The lowest BCUT2D eigenvalue weighted by atomic mass is 9.96. The summed E-state index contributed by atoms with van der Waals surface area (Å²) in [4.78, 5) is 17.8. The van der Waals surface area contributed by atoms with Crippen LogP contribution < -0.4 is 5.55 Å². The third-order valence-corrected chi connectivity index (χ3v) is 6.05. The minimum atomic E-state index is -1.24. The monoisotopic (exact) mass is 464 g/mol. The molecule has 5 nitrogen and oxygen atoms in total. The fourth-order valence-corrected chi connectivity index (χ4v) is 4.27. The van der Waals surface area contributed by atoms with E-state index in [4.69, 9.17) is 4.42 Å². The zero-order chi connectivity index (χ0) is 24.1. The number of carboxylic acid groups (broad SMARTS) is 1. The normalized spacial score (nSPS) is 11.1. The van der Waals surface area contributed by atoms with Gasteiger partial charge in [0.1, 0.15) is 17.2 Å². The molecule has 0 bridgehead atoms. The first-order valence-corrected chi connectivity index (χ1v) is 11.2. The van der Waals surface area contributed by atoms with Crippen molar-refractivity contribution >= 4 is 23.4 Å². The number of aryl methyl sites for hydroxylation is 1. The van der Waals surface area contributed by atoms with E-state index in [1.54, 1.807) is 12.1 Å². The van der Waals surface area contributed by atoms with Gasteiger partial charge >= 0.3 is 5.97 Å². The Kier molecular flexibility index (Phi) is 6.77. The molecule has 1 heterocycles. The number of nitrogens with zero attached hydrogens (tertiary/aromatic N) is 2. The maximum Gasteiger partial charge on any atom is 0.341 e. The van der Waals surface area contributed by atoms with Crippen LogP contribution in [0.25, 0.3) is 16.8 Å². The summed E-state index contributed by atoms with van der Waals surface area (Å²) in [5, 5.41) is 20.5. The summed E-state index contributed by atoms with van der Waals surface area (Å²) in [6, 6.07) is 28.1. The largest absolute Gasteiger partial charge is 0.477 e. The molecule has 4 aromatic rings. The van der Waals surface area contributed by atoms with E-state index in [2.05, 4.69) is 17.6 Å². The van der Waals surface area contributed by atoms with Gasteiger partial charge in [-0.25, -0.2) is 9.79 Å². The molecule has 166 valence electrons. The van der Waals surface area contributed by atoms with E-state index in [-0.39, 0.29) is 27.3 Å². The molecule has 0 spiro atoms. The van der Waals surface area contributed by atoms with Crippen molar-refractivity contribution in [2.24, 2.45) is 4.99 Å². The molecular weight excluding hydrogens is 444 g/mol. The molecule has 0 radical (unpaired) electrons. The standard InChI is InChI=1S/C28H20N2O3S/c1-18-13-15-21(16-14-18)24-23(17-29)28(34-22-11-7-4-8-12-22)33-26(25(24)27(31)32)30-19(2)20-9-5-3-6-10-20/h3-16H,2H2,1H3,(H,31,32). The summed E-state index contributed by atoms with van der Waals surface area (Å²) < 4.78 is 6.01. The van der Waals surface area contributed by atoms with Crippen molar-refractivity contribution in [3.63, 3.8) is 0 Å². The average molecular weight is 465 g/mol. The summed E-state index contributed by atoms with van der Waals surface area (Å²) in [5.41, 5.74) is 2.78. The van der Waals surface area contributed by atoms with Gasteiger partial charge in [-0.3, -0.25) is 0 Å². The molecule has 0 fully saturated rings. The second kappa shape index (κ2) is 10.1. The van der Waals surface area contributed by atoms with Gasteiger partial charge in [-0.15, -0.1) is 0 Å². The highest BCUT2D eigenvalue weighted by atomic mass is 32.2. The second-order valence-corrected chi connectivity index (χ2v) is 8.49. The van der Waals surface area contributed by atoms with Gasteiger partial charge in [-0.2, -0.15) is 5.26 Å². The predicted molar refractivity (Wildman–Crippen MR) is 132 cm³/mol. The molecule has 4 rings (SSSR count). The third kappa shape index (κ3) is 4.85. The zero-order valence-corrected chi connectivity index (χ0v) is 19.2. The molecule has 1 N–H and O–H groups in total. The van der Waals surface area contributed by atoms with Crippen molar-refractivity contribution in [1.82, 2.24) is 0 Å². The van der Waals surface area contributed by atoms with Gasteiger partial charge in [0.25, 0.3) is 0 Å². The van der Waals surface area contributed by atoms with E-state index in [1.807, 2.05) is 79.7 Å². The number of carboxylic acids is 1. The fourth-order valence-electron chi connectivity index (χ4n) is 3.40. The second-order valence-electron chi connectivity index (χ2n) is 7.44. The molecule has 0 aliphatic heterocycles. The first-order chi connectivity index (χ1) is 16.5. The van der Waals surface area contributed by atoms with E-state index >= 15 is 0 Å². The van der Waals surface area contributed by atoms with Gasteiger partial charge < -0.3 is 9.52 Å². The SMILES string of the molecule is C=C(N=c1oc(Sc2ccccc2)c(C#N)c(-c2ccc(C)cc2)c1C(=O)O)c1ccccc1. The molecule has 0 aliphatic carbocycles. The number of benzene rings is 3. The number of carbonyl (C=O) groups is 1. The Bertz CT molecular complexity index is 1470.